The van der Waals surface area contributed by atoms with Gasteiger partial charge in [0, 0.05) is 18.0 Å². The molecular weight excluding hydrogens is 430 g/mol. The quantitative estimate of drug-likeness (QED) is 0.559. The summed E-state index contributed by atoms with van der Waals surface area (Å²) >= 11 is 0. The molecule has 0 radical (unpaired) electrons. The molecule has 34 heavy (non-hydrogen) atoms. The van der Waals surface area contributed by atoms with E-state index in [1.54, 1.807) is 4.90 Å². The first-order valence-corrected chi connectivity index (χ1v) is 12.2. The van der Waals surface area contributed by atoms with Gasteiger partial charge in [-0.2, -0.15) is 0 Å². The highest BCUT2D eigenvalue weighted by molar-refractivity contribution is 5.83. The Morgan fingerprint density at radius 3 is 2.59 bits per heavy atom. The van der Waals surface area contributed by atoms with Gasteiger partial charge in [-0.15, -0.1) is 0 Å². The highest BCUT2D eigenvalue weighted by Crippen LogP contribution is 2.39. The monoisotopic (exact) mass is 461 g/mol. The lowest BCUT2D eigenvalue weighted by atomic mass is 9.88. The third kappa shape index (κ3) is 4.15. The molecule has 7 heteroatoms. The minimum absolute atomic E-state index is 0.0133. The maximum Gasteiger partial charge on any atom is 0.409 e. The standard InChI is InChI=1S/C27H31N3O4/c1-34-27(33)29-15-14-18-12-13-22-25(21(18)17-29)28-26(20-10-6-3-7-11-20)30(22)23(16-24(31)32)19-8-4-2-5-9-19/h2,4-5,8-9,12-13,20,23H,3,6-7,10-11,14-17H2,1H3,(H,31,32)/t23-/m0/s1. The number of methoxy groups -OCH3 is 1. The molecule has 1 aliphatic heterocycles. The molecule has 1 N–H and O–H groups in total. The summed E-state index contributed by atoms with van der Waals surface area (Å²) in [5, 5.41) is 9.84. The van der Waals surface area contributed by atoms with Crippen molar-refractivity contribution in [2.75, 3.05) is 13.7 Å². The van der Waals surface area contributed by atoms with E-state index in [1.165, 1.54) is 19.1 Å². The molecule has 0 unspecified atom stereocenters. The third-order valence-electron chi connectivity index (χ3n) is 7.36. The molecule has 1 amide bonds. The molecule has 178 valence electrons. The molecule has 1 atom stereocenters. The second kappa shape index (κ2) is 9.49. The fraction of sp³-hybridized carbons (Fsp3) is 0.444. The van der Waals surface area contributed by atoms with Crippen LogP contribution >= 0.6 is 0 Å². The van der Waals surface area contributed by atoms with Gasteiger partial charge in [0.15, 0.2) is 0 Å². The van der Waals surface area contributed by atoms with E-state index in [0.29, 0.717) is 19.0 Å². The molecule has 1 saturated carbocycles. The van der Waals surface area contributed by atoms with Gasteiger partial charge in [-0.3, -0.25) is 4.79 Å². The molecule has 1 fully saturated rings. The van der Waals surface area contributed by atoms with Gasteiger partial charge in [0.2, 0.25) is 0 Å². The number of hydrogen-bond acceptors (Lipinski definition) is 4. The number of aromatic nitrogens is 2. The van der Waals surface area contributed by atoms with Crippen LogP contribution in [0.3, 0.4) is 0 Å². The van der Waals surface area contributed by atoms with Gasteiger partial charge in [-0.25, -0.2) is 9.78 Å². The number of fused-ring (bicyclic) bond motifs is 3. The number of nitrogens with zero attached hydrogens (tertiary/aromatic N) is 3. The Bertz CT molecular complexity index is 1200. The Morgan fingerprint density at radius 2 is 1.88 bits per heavy atom. The van der Waals surface area contributed by atoms with Crippen LogP contribution in [0.5, 0.6) is 0 Å². The van der Waals surface area contributed by atoms with Gasteiger partial charge in [0.05, 0.1) is 37.2 Å². The van der Waals surface area contributed by atoms with Crippen LogP contribution in [0, 0.1) is 0 Å². The van der Waals surface area contributed by atoms with Crippen LogP contribution in [0.25, 0.3) is 11.0 Å². The fourth-order valence-electron chi connectivity index (χ4n) is 5.67. The van der Waals surface area contributed by atoms with Gasteiger partial charge in [-0.1, -0.05) is 55.7 Å². The first-order chi connectivity index (χ1) is 16.6. The second-order valence-corrected chi connectivity index (χ2v) is 9.41. The molecule has 2 aliphatic rings. The largest absolute Gasteiger partial charge is 0.481 e. The number of imidazole rings is 1. The lowest BCUT2D eigenvalue weighted by Crippen LogP contribution is -2.35. The summed E-state index contributed by atoms with van der Waals surface area (Å²) in [6, 6.07) is 13.7. The van der Waals surface area contributed by atoms with Crippen molar-refractivity contribution in [2.45, 2.75) is 63.5 Å². The number of carboxylic acids is 1. The minimum Gasteiger partial charge on any atom is -0.481 e. The molecular formula is C27H31N3O4. The zero-order chi connectivity index (χ0) is 23.7. The number of amides is 1. The first-order valence-electron chi connectivity index (χ1n) is 12.2. The van der Waals surface area contributed by atoms with Gasteiger partial charge in [0.25, 0.3) is 0 Å². The van der Waals surface area contributed by atoms with Crippen molar-refractivity contribution in [3.63, 3.8) is 0 Å². The summed E-state index contributed by atoms with van der Waals surface area (Å²) in [6.07, 6.45) is 6.10. The summed E-state index contributed by atoms with van der Waals surface area (Å²) in [5.74, 6) is 0.450. The van der Waals surface area contributed by atoms with Gasteiger partial charge in [-0.05, 0) is 36.5 Å². The van der Waals surface area contributed by atoms with E-state index >= 15 is 0 Å². The van der Waals surface area contributed by atoms with Crippen LogP contribution in [0.15, 0.2) is 42.5 Å². The van der Waals surface area contributed by atoms with Crippen molar-refractivity contribution in [1.29, 1.82) is 0 Å². The summed E-state index contributed by atoms with van der Waals surface area (Å²) in [5.41, 5.74) is 5.04. The van der Waals surface area contributed by atoms with Crippen molar-refractivity contribution < 1.29 is 19.4 Å². The van der Waals surface area contributed by atoms with Crippen molar-refractivity contribution in [1.82, 2.24) is 14.5 Å². The number of ether oxygens (including phenoxy) is 1. The van der Waals surface area contributed by atoms with E-state index in [-0.39, 0.29) is 18.6 Å². The topological polar surface area (TPSA) is 84.7 Å². The Labute approximate surface area is 199 Å². The summed E-state index contributed by atoms with van der Waals surface area (Å²) < 4.78 is 7.16. The first kappa shape index (κ1) is 22.4. The van der Waals surface area contributed by atoms with Gasteiger partial charge >= 0.3 is 12.1 Å². The van der Waals surface area contributed by atoms with E-state index in [9.17, 15) is 14.7 Å². The van der Waals surface area contributed by atoms with E-state index < -0.39 is 5.97 Å². The lowest BCUT2D eigenvalue weighted by molar-refractivity contribution is -0.137. The van der Waals surface area contributed by atoms with E-state index in [4.69, 9.17) is 9.72 Å². The van der Waals surface area contributed by atoms with Crippen LogP contribution in [0.4, 0.5) is 4.79 Å². The normalized spacial score (nSPS) is 17.4. The molecule has 0 saturated heterocycles. The zero-order valence-corrected chi connectivity index (χ0v) is 19.6. The maximum absolute atomic E-state index is 12.3. The van der Waals surface area contributed by atoms with Crippen LogP contribution in [-0.2, 0) is 22.5 Å². The van der Waals surface area contributed by atoms with Gasteiger partial charge < -0.3 is 19.3 Å². The van der Waals surface area contributed by atoms with Crippen LogP contribution in [-0.4, -0.2) is 45.3 Å². The predicted molar refractivity (Wildman–Crippen MR) is 129 cm³/mol. The van der Waals surface area contributed by atoms with E-state index in [0.717, 1.165) is 60.1 Å². The van der Waals surface area contributed by atoms with Crippen molar-refractivity contribution in [3.8, 4) is 0 Å². The fourth-order valence-corrected chi connectivity index (χ4v) is 5.67. The van der Waals surface area contributed by atoms with Gasteiger partial charge in [0.1, 0.15) is 5.82 Å². The molecule has 2 heterocycles. The predicted octanol–water partition coefficient (Wildman–Crippen LogP) is 5.27. The Morgan fingerprint density at radius 1 is 1.12 bits per heavy atom. The van der Waals surface area contributed by atoms with Crippen molar-refractivity contribution in [2.24, 2.45) is 0 Å². The summed E-state index contributed by atoms with van der Waals surface area (Å²) in [4.78, 5) is 31.2. The molecule has 2 aromatic carbocycles. The second-order valence-electron chi connectivity index (χ2n) is 9.41. The average molecular weight is 462 g/mol. The molecule has 5 rings (SSSR count). The number of hydrogen-bond donors (Lipinski definition) is 1. The molecule has 7 nitrogen and oxygen atoms in total. The van der Waals surface area contributed by atoms with Crippen molar-refractivity contribution >= 4 is 23.1 Å². The van der Waals surface area contributed by atoms with Crippen molar-refractivity contribution in [3.05, 3.63) is 65.0 Å². The number of rotatable bonds is 5. The van der Waals surface area contributed by atoms with Crippen LogP contribution in [0.1, 0.15) is 73.0 Å². The number of aliphatic carboxylic acids is 1. The van der Waals surface area contributed by atoms with E-state index in [1.807, 2.05) is 30.3 Å². The minimum atomic E-state index is -0.833. The molecule has 0 spiro atoms. The Kier molecular flexibility index (Phi) is 6.26. The van der Waals surface area contributed by atoms with Crippen LogP contribution < -0.4 is 0 Å². The molecule has 0 bridgehead atoms. The zero-order valence-electron chi connectivity index (χ0n) is 19.6. The molecule has 1 aliphatic carbocycles. The number of carboxylic acid groups (broad SMARTS) is 1. The number of benzene rings is 2. The lowest BCUT2D eigenvalue weighted by Gasteiger charge is -2.28. The highest BCUT2D eigenvalue weighted by Gasteiger charge is 2.31. The molecule has 3 aromatic rings. The number of carbonyl (C=O) groups excluding carboxylic acids is 1. The third-order valence-corrected chi connectivity index (χ3v) is 7.36. The maximum atomic E-state index is 12.3. The Balaban J connectivity index is 1.70. The SMILES string of the molecule is COC(=O)N1CCc2ccc3c(nc(C4CCCCC4)n3[C@@H](CC(=O)O)c3ccccc3)c2C1. The number of carbonyl (C=O) groups is 2. The summed E-state index contributed by atoms with van der Waals surface area (Å²) in [7, 11) is 1.41. The average Bonchev–Trinajstić information content (AvgIpc) is 3.27. The smallest absolute Gasteiger partial charge is 0.409 e. The summed E-state index contributed by atoms with van der Waals surface area (Å²) in [6.45, 7) is 1.07. The Hall–Kier alpha value is -3.35. The van der Waals surface area contributed by atoms with Crippen LogP contribution in [0.2, 0.25) is 0 Å². The van der Waals surface area contributed by atoms with E-state index in [2.05, 4.69) is 16.7 Å². The molecule has 1 aromatic heterocycles. The highest BCUT2D eigenvalue weighted by atomic mass is 16.5.